The molecule has 0 saturated carbocycles. The molecule has 3 N–H and O–H groups in total. The Kier molecular flexibility index (Phi) is 10.7. The van der Waals surface area contributed by atoms with Crippen LogP contribution >= 0.6 is 24.0 Å². The Hall–Kier alpha value is -1.85. The molecule has 0 aromatic heterocycles. The highest BCUT2D eigenvalue weighted by molar-refractivity contribution is 14.0. The van der Waals surface area contributed by atoms with E-state index in [1.54, 1.807) is 24.3 Å². The zero-order chi connectivity index (χ0) is 22.2. The molecule has 0 radical (unpaired) electrons. The van der Waals surface area contributed by atoms with Crippen LogP contribution in [0.3, 0.4) is 0 Å². The Morgan fingerprint density at radius 2 is 1.81 bits per heavy atom. The van der Waals surface area contributed by atoms with E-state index in [-0.39, 0.29) is 42.1 Å². The van der Waals surface area contributed by atoms with Crippen molar-refractivity contribution in [1.82, 2.24) is 15.5 Å². The molecule has 0 bridgehead atoms. The summed E-state index contributed by atoms with van der Waals surface area (Å²) in [4.78, 5) is 6.62. The van der Waals surface area contributed by atoms with Crippen molar-refractivity contribution in [1.29, 1.82) is 0 Å². The van der Waals surface area contributed by atoms with Gasteiger partial charge >= 0.3 is 0 Å². The Bertz CT molecular complexity index is 891. The van der Waals surface area contributed by atoms with Gasteiger partial charge in [-0.25, -0.2) is 13.2 Å². The van der Waals surface area contributed by atoms with Crippen molar-refractivity contribution >= 4 is 29.9 Å². The summed E-state index contributed by atoms with van der Waals surface area (Å²) in [5.74, 6) is -1.52. The number of hydrogen-bond acceptors (Lipinski definition) is 3. The van der Waals surface area contributed by atoms with Crippen LogP contribution in [0, 0.1) is 17.5 Å². The summed E-state index contributed by atoms with van der Waals surface area (Å²) in [5.41, 5.74) is 0.981. The first-order chi connectivity index (χ1) is 15.0. The predicted octanol–water partition coefficient (Wildman–Crippen LogP) is 3.98. The van der Waals surface area contributed by atoms with Crippen molar-refractivity contribution in [2.24, 2.45) is 4.99 Å². The number of aliphatic imine (C=N–C) groups is 1. The Labute approximate surface area is 204 Å². The third-order valence-corrected chi connectivity index (χ3v) is 5.35. The zero-order valence-electron chi connectivity index (χ0n) is 18.0. The van der Waals surface area contributed by atoms with E-state index in [4.69, 9.17) is 0 Å². The van der Waals surface area contributed by atoms with Crippen LogP contribution in [-0.4, -0.2) is 48.2 Å². The molecule has 5 nitrogen and oxygen atoms in total. The minimum atomic E-state index is -1.02. The van der Waals surface area contributed by atoms with Crippen LogP contribution in [0.4, 0.5) is 13.2 Å². The summed E-state index contributed by atoms with van der Waals surface area (Å²) < 4.78 is 40.3. The fourth-order valence-corrected chi connectivity index (χ4v) is 3.67. The van der Waals surface area contributed by atoms with Gasteiger partial charge in [0.1, 0.15) is 11.9 Å². The van der Waals surface area contributed by atoms with Gasteiger partial charge in [-0.05, 0) is 43.5 Å². The topological polar surface area (TPSA) is 59.9 Å². The lowest BCUT2D eigenvalue weighted by Crippen LogP contribution is -2.48. The lowest BCUT2D eigenvalue weighted by Gasteiger charge is -2.33. The number of piperidine rings is 1. The smallest absolute Gasteiger partial charge is 0.191 e. The third kappa shape index (κ3) is 7.63. The van der Waals surface area contributed by atoms with Crippen molar-refractivity contribution in [3.8, 4) is 0 Å². The first-order valence-corrected chi connectivity index (χ1v) is 10.6. The Morgan fingerprint density at radius 3 is 2.47 bits per heavy atom. The highest BCUT2D eigenvalue weighted by Crippen LogP contribution is 2.18. The second-order valence-electron chi connectivity index (χ2n) is 7.70. The second kappa shape index (κ2) is 13.0. The van der Waals surface area contributed by atoms with E-state index in [0.29, 0.717) is 19.0 Å². The van der Waals surface area contributed by atoms with Gasteiger partial charge in [-0.2, -0.15) is 0 Å². The quantitative estimate of drug-likeness (QED) is 0.272. The van der Waals surface area contributed by atoms with E-state index in [1.165, 1.54) is 12.1 Å². The molecule has 9 heteroatoms. The number of hydrogen-bond donors (Lipinski definition) is 3. The number of rotatable bonds is 7. The van der Waals surface area contributed by atoms with Gasteiger partial charge in [-0.1, -0.05) is 24.3 Å². The predicted molar refractivity (Wildman–Crippen MR) is 131 cm³/mol. The molecule has 2 aromatic carbocycles. The lowest BCUT2D eigenvalue weighted by atomic mass is 10.0. The number of likely N-dealkylation sites (tertiary alicyclic amines) is 1. The van der Waals surface area contributed by atoms with Crippen LogP contribution < -0.4 is 10.6 Å². The number of guanidine groups is 1. The molecule has 1 saturated heterocycles. The summed E-state index contributed by atoms with van der Waals surface area (Å²) in [7, 11) is 0. The fourth-order valence-electron chi connectivity index (χ4n) is 3.67. The van der Waals surface area contributed by atoms with Gasteiger partial charge in [0.2, 0.25) is 0 Å². The van der Waals surface area contributed by atoms with E-state index in [0.717, 1.165) is 37.6 Å². The number of nitrogens with zero attached hydrogens (tertiary/aromatic N) is 2. The summed E-state index contributed by atoms with van der Waals surface area (Å²) in [5, 5.41) is 16.8. The van der Waals surface area contributed by atoms with Crippen molar-refractivity contribution in [3.05, 3.63) is 71.0 Å². The summed E-state index contributed by atoms with van der Waals surface area (Å²) in [6, 6.07) is 10.4. The van der Waals surface area contributed by atoms with Crippen LogP contribution in [0.5, 0.6) is 0 Å². The molecular weight excluding hydrogens is 532 g/mol. The molecule has 0 amide bonds. The van der Waals surface area contributed by atoms with Gasteiger partial charge in [-0.3, -0.25) is 9.89 Å². The Balaban J connectivity index is 0.00000363. The number of halogens is 4. The van der Waals surface area contributed by atoms with Crippen molar-refractivity contribution in [2.75, 3.05) is 26.2 Å². The molecule has 1 aliphatic heterocycles. The summed E-state index contributed by atoms with van der Waals surface area (Å²) in [6.07, 6.45) is 0.711. The second-order valence-corrected chi connectivity index (χ2v) is 7.70. The van der Waals surface area contributed by atoms with E-state index in [1.807, 2.05) is 6.92 Å². The molecule has 1 atom stereocenters. The van der Waals surface area contributed by atoms with Crippen LogP contribution in [-0.2, 0) is 6.54 Å². The first kappa shape index (κ1) is 26.4. The number of aliphatic hydroxyl groups is 1. The molecule has 176 valence electrons. The van der Waals surface area contributed by atoms with Gasteiger partial charge in [0.25, 0.3) is 0 Å². The molecule has 1 unspecified atom stereocenters. The normalized spacial score (nSPS) is 16.3. The largest absolute Gasteiger partial charge is 0.386 e. The highest BCUT2D eigenvalue weighted by Gasteiger charge is 2.21. The molecule has 3 rings (SSSR count). The van der Waals surface area contributed by atoms with Gasteiger partial charge in [0.15, 0.2) is 17.6 Å². The highest BCUT2D eigenvalue weighted by atomic mass is 127. The van der Waals surface area contributed by atoms with E-state index in [2.05, 4.69) is 20.5 Å². The number of nitrogens with one attached hydrogen (secondary N) is 2. The molecule has 0 aliphatic carbocycles. The Morgan fingerprint density at radius 1 is 1.09 bits per heavy atom. The first-order valence-electron chi connectivity index (χ1n) is 10.6. The van der Waals surface area contributed by atoms with Crippen LogP contribution in [0.15, 0.2) is 47.5 Å². The van der Waals surface area contributed by atoms with Crippen molar-refractivity contribution in [2.45, 2.75) is 38.5 Å². The fraction of sp³-hybridized carbons (Fsp3) is 0.435. The molecule has 1 heterocycles. The summed E-state index contributed by atoms with van der Waals surface area (Å²) in [6.45, 7) is 4.87. The molecule has 32 heavy (non-hydrogen) atoms. The lowest BCUT2D eigenvalue weighted by molar-refractivity contribution is 0.181. The molecule has 1 fully saturated rings. The van der Waals surface area contributed by atoms with Crippen LogP contribution in [0.1, 0.15) is 37.0 Å². The van der Waals surface area contributed by atoms with Crippen LogP contribution in [0.25, 0.3) is 0 Å². The zero-order valence-corrected chi connectivity index (χ0v) is 20.4. The van der Waals surface area contributed by atoms with E-state index in [9.17, 15) is 18.3 Å². The standard InChI is InChI=1S/C23H29F3N4O.HI/c1-2-27-23(28-14-22(31)18-5-3-4-6-19(18)24)29-17-9-11-30(12-10-17)15-16-7-8-20(25)21(26)13-16;/h3-8,13,17,22,31H,2,9-12,14-15H2,1H3,(H2,27,28,29);1H. The van der Waals surface area contributed by atoms with Gasteiger partial charge in [0, 0.05) is 37.8 Å². The average molecular weight is 562 g/mol. The van der Waals surface area contributed by atoms with Gasteiger partial charge < -0.3 is 15.7 Å². The monoisotopic (exact) mass is 562 g/mol. The number of aliphatic hydroxyl groups excluding tert-OH is 1. The third-order valence-electron chi connectivity index (χ3n) is 5.35. The van der Waals surface area contributed by atoms with Crippen molar-refractivity contribution in [3.63, 3.8) is 0 Å². The molecule has 1 aliphatic rings. The van der Waals surface area contributed by atoms with Crippen LogP contribution in [0.2, 0.25) is 0 Å². The maximum Gasteiger partial charge on any atom is 0.191 e. The molecular formula is C23H30F3IN4O. The number of benzene rings is 2. The average Bonchev–Trinajstić information content (AvgIpc) is 2.76. The SMILES string of the molecule is CCNC(=NCC(O)c1ccccc1F)NC1CCN(Cc2ccc(F)c(F)c2)CC1.I. The summed E-state index contributed by atoms with van der Waals surface area (Å²) >= 11 is 0. The van der Waals surface area contributed by atoms with Crippen molar-refractivity contribution < 1.29 is 18.3 Å². The minimum Gasteiger partial charge on any atom is -0.386 e. The molecule has 2 aromatic rings. The maximum atomic E-state index is 13.8. The van der Waals surface area contributed by atoms with E-state index < -0.39 is 23.6 Å². The minimum absolute atomic E-state index is 0. The molecule has 0 spiro atoms. The van der Waals surface area contributed by atoms with Gasteiger partial charge in [0.05, 0.1) is 6.54 Å². The van der Waals surface area contributed by atoms with Gasteiger partial charge in [-0.15, -0.1) is 24.0 Å². The maximum absolute atomic E-state index is 13.8. The van der Waals surface area contributed by atoms with E-state index >= 15 is 0 Å².